The number of aryl methyl sites for hydroxylation is 2. The number of hydrogen-bond donors (Lipinski definition) is 1. The lowest BCUT2D eigenvalue weighted by Crippen LogP contribution is -2.17. The Labute approximate surface area is 105 Å². The summed E-state index contributed by atoms with van der Waals surface area (Å²) in [6, 6.07) is 6.77. The summed E-state index contributed by atoms with van der Waals surface area (Å²) in [7, 11) is 0. The predicted molar refractivity (Wildman–Crippen MR) is 73.9 cm³/mol. The molecule has 94 valence electrons. The fourth-order valence-electron chi connectivity index (χ4n) is 3.44. The van der Waals surface area contributed by atoms with Crippen molar-refractivity contribution in [3.8, 4) is 0 Å². The molecule has 1 nitrogen and oxygen atoms in total. The molecule has 1 aromatic carbocycles. The highest BCUT2D eigenvalue weighted by Crippen LogP contribution is 2.71. The molecule has 0 amide bonds. The molecule has 0 bridgehead atoms. The van der Waals surface area contributed by atoms with Crippen molar-refractivity contribution in [3.05, 3.63) is 34.9 Å². The molecule has 0 radical (unpaired) electrons. The van der Waals surface area contributed by atoms with Gasteiger partial charge in [0.2, 0.25) is 0 Å². The lowest BCUT2D eigenvalue weighted by molar-refractivity contribution is 0.457. The Kier molecular flexibility index (Phi) is 2.66. The van der Waals surface area contributed by atoms with Crippen LogP contribution in [0.1, 0.15) is 50.4 Å². The maximum Gasteiger partial charge on any atom is 0.0336 e. The summed E-state index contributed by atoms with van der Waals surface area (Å²) in [5.74, 6) is 0.579. The molecular weight excluding hydrogens is 206 g/mol. The van der Waals surface area contributed by atoms with Crippen LogP contribution in [0.3, 0.4) is 0 Å². The molecule has 0 saturated heterocycles. The van der Waals surface area contributed by atoms with E-state index in [0.717, 1.165) is 0 Å². The van der Waals surface area contributed by atoms with Crippen LogP contribution in [0, 0.1) is 30.6 Å². The zero-order valence-corrected chi connectivity index (χ0v) is 12.0. The van der Waals surface area contributed by atoms with Crippen molar-refractivity contribution in [1.82, 2.24) is 0 Å². The SMILES string of the molecule is Cc1ccc(C)c(C(N)C2C(C)(C)C2(C)C)c1. The van der Waals surface area contributed by atoms with Gasteiger partial charge in [0.1, 0.15) is 0 Å². The summed E-state index contributed by atoms with van der Waals surface area (Å²) in [5, 5.41) is 0. The summed E-state index contributed by atoms with van der Waals surface area (Å²) in [5.41, 5.74) is 11.2. The first kappa shape index (κ1) is 12.6. The standard InChI is InChI=1S/C16H25N/c1-10-7-8-11(2)12(9-10)13(17)14-15(3,4)16(14,5)6/h7-9,13-14H,17H2,1-6H3. The van der Waals surface area contributed by atoms with Gasteiger partial charge in [-0.3, -0.25) is 0 Å². The van der Waals surface area contributed by atoms with Gasteiger partial charge in [-0.05, 0) is 41.7 Å². The molecule has 1 aromatic rings. The van der Waals surface area contributed by atoms with Crippen LogP contribution in [0.25, 0.3) is 0 Å². The summed E-state index contributed by atoms with van der Waals surface area (Å²) in [6.45, 7) is 13.6. The fourth-order valence-corrected chi connectivity index (χ4v) is 3.44. The summed E-state index contributed by atoms with van der Waals surface area (Å²) >= 11 is 0. The van der Waals surface area contributed by atoms with Gasteiger partial charge in [-0.1, -0.05) is 51.5 Å². The Morgan fingerprint density at radius 1 is 1.06 bits per heavy atom. The molecule has 1 fully saturated rings. The third-order valence-corrected chi connectivity index (χ3v) is 5.29. The molecule has 2 N–H and O–H groups in total. The summed E-state index contributed by atoms with van der Waals surface area (Å²) in [4.78, 5) is 0. The molecule has 2 rings (SSSR count). The van der Waals surface area contributed by atoms with E-state index >= 15 is 0 Å². The second kappa shape index (κ2) is 3.58. The quantitative estimate of drug-likeness (QED) is 0.818. The Morgan fingerprint density at radius 2 is 1.59 bits per heavy atom. The highest BCUT2D eigenvalue weighted by Gasteiger charge is 2.66. The number of benzene rings is 1. The van der Waals surface area contributed by atoms with E-state index in [4.69, 9.17) is 5.73 Å². The third kappa shape index (κ3) is 1.72. The van der Waals surface area contributed by atoms with E-state index in [1.807, 2.05) is 0 Å². The van der Waals surface area contributed by atoms with Gasteiger partial charge in [-0.15, -0.1) is 0 Å². The van der Waals surface area contributed by atoms with E-state index in [9.17, 15) is 0 Å². The molecule has 0 aliphatic heterocycles. The van der Waals surface area contributed by atoms with Gasteiger partial charge in [0.15, 0.2) is 0 Å². The van der Waals surface area contributed by atoms with E-state index in [0.29, 0.717) is 16.7 Å². The molecule has 1 unspecified atom stereocenters. The molecule has 1 aliphatic rings. The predicted octanol–water partition coefficient (Wildman–Crippen LogP) is 3.99. The first-order valence-corrected chi connectivity index (χ1v) is 6.52. The molecule has 1 atom stereocenters. The van der Waals surface area contributed by atoms with Crippen molar-refractivity contribution in [1.29, 1.82) is 0 Å². The monoisotopic (exact) mass is 231 g/mol. The zero-order valence-electron chi connectivity index (χ0n) is 12.0. The van der Waals surface area contributed by atoms with Crippen LogP contribution in [0.4, 0.5) is 0 Å². The maximum atomic E-state index is 6.52. The Morgan fingerprint density at radius 3 is 2.06 bits per heavy atom. The molecule has 1 heteroatoms. The van der Waals surface area contributed by atoms with Crippen molar-refractivity contribution in [2.75, 3.05) is 0 Å². The fraction of sp³-hybridized carbons (Fsp3) is 0.625. The molecule has 0 heterocycles. The minimum absolute atomic E-state index is 0.167. The van der Waals surface area contributed by atoms with Gasteiger partial charge in [-0.25, -0.2) is 0 Å². The molecule has 1 saturated carbocycles. The van der Waals surface area contributed by atoms with Crippen molar-refractivity contribution in [3.63, 3.8) is 0 Å². The minimum Gasteiger partial charge on any atom is -0.324 e. The van der Waals surface area contributed by atoms with E-state index in [1.54, 1.807) is 0 Å². The zero-order chi connectivity index (χ0) is 13.0. The topological polar surface area (TPSA) is 26.0 Å². The van der Waals surface area contributed by atoms with Gasteiger partial charge in [0.05, 0.1) is 0 Å². The third-order valence-electron chi connectivity index (χ3n) is 5.29. The van der Waals surface area contributed by atoms with E-state index in [-0.39, 0.29) is 6.04 Å². The number of rotatable bonds is 2. The molecular formula is C16H25N. The van der Waals surface area contributed by atoms with Crippen molar-refractivity contribution in [2.24, 2.45) is 22.5 Å². The lowest BCUT2D eigenvalue weighted by Gasteiger charge is -2.17. The first-order valence-electron chi connectivity index (χ1n) is 6.52. The van der Waals surface area contributed by atoms with Crippen LogP contribution in [-0.4, -0.2) is 0 Å². The smallest absolute Gasteiger partial charge is 0.0336 e. The number of hydrogen-bond acceptors (Lipinski definition) is 1. The Hall–Kier alpha value is -0.820. The van der Waals surface area contributed by atoms with Crippen LogP contribution in [0.2, 0.25) is 0 Å². The van der Waals surface area contributed by atoms with Crippen molar-refractivity contribution >= 4 is 0 Å². The van der Waals surface area contributed by atoms with Gasteiger partial charge < -0.3 is 5.73 Å². The average molecular weight is 231 g/mol. The molecule has 1 aliphatic carbocycles. The van der Waals surface area contributed by atoms with Gasteiger partial charge in [0.25, 0.3) is 0 Å². The van der Waals surface area contributed by atoms with Gasteiger partial charge in [-0.2, -0.15) is 0 Å². The van der Waals surface area contributed by atoms with Crippen LogP contribution in [-0.2, 0) is 0 Å². The van der Waals surface area contributed by atoms with Gasteiger partial charge >= 0.3 is 0 Å². The minimum atomic E-state index is 0.167. The molecule has 17 heavy (non-hydrogen) atoms. The van der Waals surface area contributed by atoms with Crippen LogP contribution in [0.15, 0.2) is 18.2 Å². The van der Waals surface area contributed by atoms with E-state index < -0.39 is 0 Å². The van der Waals surface area contributed by atoms with Crippen LogP contribution < -0.4 is 5.73 Å². The molecule has 0 spiro atoms. The second-order valence-corrected chi connectivity index (χ2v) is 6.81. The summed E-state index contributed by atoms with van der Waals surface area (Å²) in [6.07, 6.45) is 0. The highest BCUT2D eigenvalue weighted by atomic mass is 14.8. The first-order chi connectivity index (χ1) is 7.69. The van der Waals surface area contributed by atoms with Crippen LogP contribution in [0.5, 0.6) is 0 Å². The highest BCUT2D eigenvalue weighted by molar-refractivity contribution is 5.36. The Balaban J connectivity index is 2.34. The maximum absolute atomic E-state index is 6.52. The van der Waals surface area contributed by atoms with E-state index in [1.165, 1.54) is 16.7 Å². The largest absolute Gasteiger partial charge is 0.324 e. The summed E-state index contributed by atoms with van der Waals surface area (Å²) < 4.78 is 0. The van der Waals surface area contributed by atoms with Crippen molar-refractivity contribution in [2.45, 2.75) is 47.6 Å². The number of nitrogens with two attached hydrogens (primary N) is 1. The lowest BCUT2D eigenvalue weighted by atomic mass is 9.93. The Bertz CT molecular complexity index is 429. The van der Waals surface area contributed by atoms with E-state index in [2.05, 4.69) is 59.7 Å². The van der Waals surface area contributed by atoms with Crippen molar-refractivity contribution < 1.29 is 0 Å². The normalized spacial score (nSPS) is 23.5. The van der Waals surface area contributed by atoms with Crippen LogP contribution >= 0.6 is 0 Å². The van der Waals surface area contributed by atoms with Gasteiger partial charge in [0, 0.05) is 6.04 Å². The second-order valence-electron chi connectivity index (χ2n) is 6.81. The average Bonchev–Trinajstić information content (AvgIpc) is 2.61. The molecule has 0 aromatic heterocycles.